The molecule has 0 aliphatic heterocycles. The van der Waals surface area contributed by atoms with Crippen LogP contribution < -0.4 is 9.46 Å². The molecule has 2 aromatic carbocycles. The number of ether oxygens (including phenoxy) is 1. The number of nitrogens with zero attached hydrogens (tertiary/aromatic N) is 1. The van der Waals surface area contributed by atoms with E-state index in [0.29, 0.717) is 11.5 Å². The van der Waals surface area contributed by atoms with Gasteiger partial charge < -0.3 is 9.26 Å². The van der Waals surface area contributed by atoms with E-state index in [-0.39, 0.29) is 10.7 Å². The molecule has 0 aliphatic rings. The largest absolute Gasteiger partial charge is 0.457 e. The molecular formula is C15H12N2O4S. The molecule has 0 aliphatic carbocycles. The average Bonchev–Trinajstić information content (AvgIpc) is 3.01. The van der Waals surface area contributed by atoms with Gasteiger partial charge in [0, 0.05) is 6.07 Å². The van der Waals surface area contributed by atoms with Gasteiger partial charge in [-0.25, -0.2) is 8.42 Å². The van der Waals surface area contributed by atoms with Gasteiger partial charge in [-0.3, -0.25) is 4.72 Å². The van der Waals surface area contributed by atoms with Crippen LogP contribution in [0, 0.1) is 0 Å². The van der Waals surface area contributed by atoms with E-state index in [4.69, 9.17) is 4.74 Å². The van der Waals surface area contributed by atoms with E-state index in [9.17, 15) is 8.42 Å². The molecule has 22 heavy (non-hydrogen) atoms. The number of hydrogen-bond donors (Lipinski definition) is 1. The minimum Gasteiger partial charge on any atom is -0.457 e. The van der Waals surface area contributed by atoms with E-state index in [0.717, 1.165) is 0 Å². The zero-order valence-corrected chi connectivity index (χ0v) is 12.2. The molecule has 7 heteroatoms. The second-order valence-electron chi connectivity index (χ2n) is 4.38. The summed E-state index contributed by atoms with van der Waals surface area (Å²) in [5, 5.41) is 3.51. The molecule has 0 amide bonds. The van der Waals surface area contributed by atoms with Gasteiger partial charge in [-0.2, -0.15) is 0 Å². The van der Waals surface area contributed by atoms with Crippen molar-refractivity contribution in [3.05, 3.63) is 66.9 Å². The fourth-order valence-corrected chi connectivity index (χ4v) is 2.77. The molecule has 3 rings (SSSR count). The van der Waals surface area contributed by atoms with Crippen LogP contribution in [0.1, 0.15) is 0 Å². The molecule has 0 fully saturated rings. The van der Waals surface area contributed by atoms with Crippen LogP contribution in [0.4, 0.5) is 5.82 Å². The lowest BCUT2D eigenvalue weighted by atomic mass is 10.3. The molecule has 1 aromatic heterocycles. The van der Waals surface area contributed by atoms with E-state index in [1.165, 1.54) is 24.5 Å². The fourth-order valence-electron chi connectivity index (χ4n) is 1.77. The van der Waals surface area contributed by atoms with Crippen LogP contribution in [0.15, 0.2) is 76.3 Å². The van der Waals surface area contributed by atoms with Gasteiger partial charge in [0.1, 0.15) is 17.8 Å². The number of para-hydroxylation sites is 1. The Morgan fingerprint density at radius 3 is 2.23 bits per heavy atom. The van der Waals surface area contributed by atoms with Crippen molar-refractivity contribution in [2.24, 2.45) is 0 Å². The Morgan fingerprint density at radius 1 is 0.909 bits per heavy atom. The Labute approximate surface area is 127 Å². The number of benzene rings is 2. The summed E-state index contributed by atoms with van der Waals surface area (Å²) in [6.45, 7) is 0. The zero-order chi connectivity index (χ0) is 15.4. The van der Waals surface area contributed by atoms with Crippen molar-refractivity contribution in [2.45, 2.75) is 4.90 Å². The molecule has 0 atom stereocenters. The third kappa shape index (κ3) is 3.26. The lowest BCUT2D eigenvalue weighted by Crippen LogP contribution is -2.12. The van der Waals surface area contributed by atoms with E-state index < -0.39 is 10.0 Å². The van der Waals surface area contributed by atoms with Crippen LogP contribution in [0.2, 0.25) is 0 Å². The van der Waals surface area contributed by atoms with E-state index in [1.54, 1.807) is 12.1 Å². The van der Waals surface area contributed by atoms with Gasteiger partial charge in [0.05, 0.1) is 4.90 Å². The highest BCUT2D eigenvalue weighted by atomic mass is 32.2. The maximum absolute atomic E-state index is 12.1. The first-order valence-electron chi connectivity index (χ1n) is 6.40. The Bertz CT molecular complexity index is 829. The molecule has 0 radical (unpaired) electrons. The van der Waals surface area contributed by atoms with Gasteiger partial charge in [-0.15, -0.1) is 0 Å². The van der Waals surface area contributed by atoms with Crippen molar-refractivity contribution < 1.29 is 17.7 Å². The number of sulfonamides is 1. The van der Waals surface area contributed by atoms with Gasteiger partial charge in [-0.05, 0) is 36.4 Å². The van der Waals surface area contributed by atoms with Crippen LogP contribution in [0.25, 0.3) is 0 Å². The first kappa shape index (κ1) is 14.2. The summed E-state index contributed by atoms with van der Waals surface area (Å²) in [6, 6.07) is 16.7. The van der Waals surface area contributed by atoms with Gasteiger partial charge in [-0.1, -0.05) is 23.4 Å². The lowest BCUT2D eigenvalue weighted by Gasteiger charge is -2.07. The minimum absolute atomic E-state index is 0.107. The predicted octanol–water partition coefficient (Wildman–Crippen LogP) is 3.27. The maximum Gasteiger partial charge on any atom is 0.263 e. The van der Waals surface area contributed by atoms with Gasteiger partial charge in [0.2, 0.25) is 0 Å². The highest BCUT2D eigenvalue weighted by molar-refractivity contribution is 7.92. The molecule has 1 heterocycles. The van der Waals surface area contributed by atoms with Crippen LogP contribution in [0.3, 0.4) is 0 Å². The lowest BCUT2D eigenvalue weighted by molar-refractivity contribution is 0.423. The number of aromatic nitrogens is 1. The van der Waals surface area contributed by atoms with Gasteiger partial charge in [0.25, 0.3) is 10.0 Å². The molecular weight excluding hydrogens is 304 g/mol. The summed E-state index contributed by atoms with van der Waals surface area (Å²) in [7, 11) is -3.70. The van der Waals surface area contributed by atoms with Crippen molar-refractivity contribution in [3.63, 3.8) is 0 Å². The zero-order valence-electron chi connectivity index (χ0n) is 11.3. The third-order valence-corrected chi connectivity index (χ3v) is 4.16. The Morgan fingerprint density at radius 2 is 1.59 bits per heavy atom. The first-order valence-corrected chi connectivity index (χ1v) is 7.88. The van der Waals surface area contributed by atoms with Crippen LogP contribution in [-0.4, -0.2) is 13.6 Å². The van der Waals surface area contributed by atoms with Gasteiger partial charge >= 0.3 is 0 Å². The number of rotatable bonds is 5. The minimum atomic E-state index is -3.70. The van der Waals surface area contributed by atoms with Crippen molar-refractivity contribution >= 4 is 15.8 Å². The van der Waals surface area contributed by atoms with Crippen molar-refractivity contribution in [2.75, 3.05) is 4.72 Å². The maximum atomic E-state index is 12.1. The SMILES string of the molecule is O=S(=O)(Nc1ccon1)c1ccc(Oc2ccccc2)cc1. The summed E-state index contributed by atoms with van der Waals surface area (Å²) >= 11 is 0. The second kappa shape index (κ2) is 5.90. The van der Waals surface area contributed by atoms with Crippen LogP contribution in [0.5, 0.6) is 11.5 Å². The van der Waals surface area contributed by atoms with Crippen molar-refractivity contribution in [1.29, 1.82) is 0 Å². The monoisotopic (exact) mass is 316 g/mol. The number of hydrogen-bond acceptors (Lipinski definition) is 5. The highest BCUT2D eigenvalue weighted by Gasteiger charge is 2.15. The average molecular weight is 316 g/mol. The van der Waals surface area contributed by atoms with E-state index in [1.807, 2.05) is 30.3 Å². The highest BCUT2D eigenvalue weighted by Crippen LogP contribution is 2.23. The van der Waals surface area contributed by atoms with E-state index in [2.05, 4.69) is 14.4 Å². The smallest absolute Gasteiger partial charge is 0.263 e. The Hall–Kier alpha value is -2.80. The summed E-state index contributed by atoms with van der Waals surface area (Å²) in [4.78, 5) is 0.107. The predicted molar refractivity (Wildman–Crippen MR) is 80.3 cm³/mol. The molecule has 0 spiro atoms. The topological polar surface area (TPSA) is 81.4 Å². The second-order valence-corrected chi connectivity index (χ2v) is 6.06. The summed E-state index contributed by atoms with van der Waals surface area (Å²) < 4.78 is 36.8. The molecule has 1 N–H and O–H groups in total. The van der Waals surface area contributed by atoms with Crippen LogP contribution in [-0.2, 0) is 10.0 Å². The Kier molecular flexibility index (Phi) is 3.80. The summed E-state index contributed by atoms with van der Waals surface area (Å²) in [5.41, 5.74) is 0. The molecule has 112 valence electrons. The quantitative estimate of drug-likeness (QED) is 0.781. The summed E-state index contributed by atoms with van der Waals surface area (Å²) in [6.07, 6.45) is 1.29. The molecule has 6 nitrogen and oxygen atoms in total. The molecule has 0 saturated heterocycles. The van der Waals surface area contributed by atoms with Crippen LogP contribution >= 0.6 is 0 Å². The number of nitrogens with one attached hydrogen (secondary N) is 1. The van der Waals surface area contributed by atoms with Gasteiger partial charge in [0.15, 0.2) is 5.82 Å². The molecule has 0 bridgehead atoms. The molecule has 3 aromatic rings. The summed E-state index contributed by atoms with van der Waals surface area (Å²) in [5.74, 6) is 1.36. The fraction of sp³-hybridized carbons (Fsp3) is 0. The molecule has 0 unspecified atom stereocenters. The van der Waals surface area contributed by atoms with E-state index >= 15 is 0 Å². The number of anilines is 1. The van der Waals surface area contributed by atoms with Crippen molar-refractivity contribution in [1.82, 2.24) is 5.16 Å². The molecule has 0 saturated carbocycles. The third-order valence-electron chi connectivity index (χ3n) is 2.79. The Balaban J connectivity index is 1.76. The van der Waals surface area contributed by atoms with Crippen molar-refractivity contribution in [3.8, 4) is 11.5 Å². The first-order chi connectivity index (χ1) is 10.6. The normalized spacial score (nSPS) is 11.1. The standard InChI is InChI=1S/C15H12N2O4S/c18-22(19,17-15-10-11-20-16-15)14-8-6-13(7-9-14)21-12-4-2-1-3-5-12/h1-11H,(H,16,17).